The molecule has 1 aromatic carbocycles. The van der Waals surface area contributed by atoms with E-state index in [0.29, 0.717) is 18.0 Å². The molecule has 0 aliphatic carbocycles. The van der Waals surface area contributed by atoms with Gasteiger partial charge >= 0.3 is 0 Å². The number of carbonyl (C=O) groups excluding carboxylic acids is 1. The lowest BCUT2D eigenvalue weighted by Crippen LogP contribution is -2.44. The molecule has 0 spiro atoms. The average Bonchev–Trinajstić information content (AvgIpc) is 3.10. The quantitative estimate of drug-likeness (QED) is 0.733. The molecule has 1 saturated heterocycles. The predicted octanol–water partition coefficient (Wildman–Crippen LogP) is 2.77. The van der Waals surface area contributed by atoms with Crippen molar-refractivity contribution in [3.63, 3.8) is 0 Å². The summed E-state index contributed by atoms with van der Waals surface area (Å²) in [4.78, 5) is 18.9. The standard InChI is InChI=1S/C17H16N4O2S/c22-17(12-5-6-14-15(9-12)24-11-18-14)21-8-2-3-13(10-21)23-16-4-1-7-19-20-16/h1,4-7,9,11,13H,2-3,8,10H2. The highest BCUT2D eigenvalue weighted by Crippen LogP contribution is 2.22. The summed E-state index contributed by atoms with van der Waals surface area (Å²) < 4.78 is 6.89. The molecule has 0 N–H and O–H groups in total. The van der Waals surface area contributed by atoms with E-state index in [9.17, 15) is 4.79 Å². The lowest BCUT2D eigenvalue weighted by molar-refractivity contribution is 0.0525. The number of thiazole rings is 1. The number of carbonyl (C=O) groups is 1. The zero-order chi connectivity index (χ0) is 16.4. The number of likely N-dealkylation sites (tertiary alicyclic amines) is 1. The Morgan fingerprint density at radius 1 is 1.33 bits per heavy atom. The van der Waals surface area contributed by atoms with Gasteiger partial charge in [-0.15, -0.1) is 16.4 Å². The molecule has 1 unspecified atom stereocenters. The van der Waals surface area contributed by atoms with E-state index in [1.165, 1.54) is 0 Å². The van der Waals surface area contributed by atoms with Crippen molar-refractivity contribution in [1.29, 1.82) is 0 Å². The number of amides is 1. The molecule has 24 heavy (non-hydrogen) atoms. The van der Waals surface area contributed by atoms with Crippen LogP contribution in [0.4, 0.5) is 0 Å². The van der Waals surface area contributed by atoms with Gasteiger partial charge in [-0.1, -0.05) is 0 Å². The molecule has 6 nitrogen and oxygen atoms in total. The highest BCUT2D eigenvalue weighted by atomic mass is 32.1. The van der Waals surface area contributed by atoms with Crippen molar-refractivity contribution in [3.8, 4) is 5.88 Å². The average molecular weight is 340 g/mol. The summed E-state index contributed by atoms with van der Waals surface area (Å²) in [5.41, 5.74) is 3.43. The second-order valence-electron chi connectivity index (χ2n) is 5.73. The summed E-state index contributed by atoms with van der Waals surface area (Å²) in [5.74, 6) is 0.542. The summed E-state index contributed by atoms with van der Waals surface area (Å²) in [7, 11) is 0. The fraction of sp³-hybridized carbons (Fsp3) is 0.294. The van der Waals surface area contributed by atoms with Crippen LogP contribution in [0, 0.1) is 0 Å². The number of fused-ring (bicyclic) bond motifs is 1. The molecule has 4 rings (SSSR count). The first-order chi connectivity index (χ1) is 11.8. The first-order valence-electron chi connectivity index (χ1n) is 7.86. The molecule has 1 aliphatic heterocycles. The first kappa shape index (κ1) is 15.0. The lowest BCUT2D eigenvalue weighted by Gasteiger charge is -2.32. The highest BCUT2D eigenvalue weighted by Gasteiger charge is 2.26. The number of hydrogen-bond acceptors (Lipinski definition) is 6. The first-order valence-corrected chi connectivity index (χ1v) is 8.74. The summed E-state index contributed by atoms with van der Waals surface area (Å²) in [6.45, 7) is 1.32. The van der Waals surface area contributed by atoms with Gasteiger partial charge in [0.15, 0.2) is 0 Å². The van der Waals surface area contributed by atoms with Crippen molar-refractivity contribution >= 4 is 27.5 Å². The topological polar surface area (TPSA) is 68.2 Å². The number of ether oxygens (including phenoxy) is 1. The minimum atomic E-state index is -0.0495. The van der Waals surface area contributed by atoms with E-state index in [1.807, 2.05) is 23.1 Å². The predicted molar refractivity (Wildman–Crippen MR) is 91.2 cm³/mol. The molecule has 0 radical (unpaired) electrons. The number of aromatic nitrogens is 3. The monoisotopic (exact) mass is 340 g/mol. The Bertz CT molecular complexity index is 852. The number of benzene rings is 1. The van der Waals surface area contributed by atoms with Gasteiger partial charge in [0.2, 0.25) is 5.88 Å². The Morgan fingerprint density at radius 3 is 3.17 bits per heavy atom. The van der Waals surface area contributed by atoms with Crippen LogP contribution in [0.5, 0.6) is 5.88 Å². The maximum Gasteiger partial charge on any atom is 0.254 e. The summed E-state index contributed by atoms with van der Waals surface area (Å²) in [5, 5.41) is 7.76. The van der Waals surface area contributed by atoms with Gasteiger partial charge in [-0.2, -0.15) is 5.10 Å². The third-order valence-electron chi connectivity index (χ3n) is 4.08. The van der Waals surface area contributed by atoms with E-state index >= 15 is 0 Å². The normalized spacial score (nSPS) is 17.8. The third-order valence-corrected chi connectivity index (χ3v) is 4.87. The third kappa shape index (κ3) is 3.07. The van der Waals surface area contributed by atoms with Gasteiger partial charge in [-0.3, -0.25) is 4.79 Å². The molecular formula is C17H16N4O2S. The van der Waals surface area contributed by atoms with Gasteiger partial charge in [0.05, 0.1) is 22.3 Å². The van der Waals surface area contributed by atoms with Gasteiger partial charge in [0, 0.05) is 24.4 Å². The SMILES string of the molecule is O=C(c1ccc2ncsc2c1)N1CCCC(Oc2cccnn2)C1. The summed E-state index contributed by atoms with van der Waals surface area (Å²) in [6, 6.07) is 9.24. The zero-order valence-corrected chi connectivity index (χ0v) is 13.8. The van der Waals surface area contributed by atoms with Crippen molar-refractivity contribution in [3.05, 3.63) is 47.6 Å². The molecule has 3 aromatic rings. The Labute approximate surface area is 143 Å². The number of rotatable bonds is 3. The Kier molecular flexibility index (Phi) is 4.08. The molecular weight excluding hydrogens is 324 g/mol. The van der Waals surface area contributed by atoms with E-state index in [0.717, 1.165) is 29.6 Å². The molecule has 2 aromatic heterocycles. The summed E-state index contributed by atoms with van der Waals surface area (Å²) in [6.07, 6.45) is 3.39. The van der Waals surface area contributed by atoms with Crippen LogP contribution in [0.25, 0.3) is 10.2 Å². The second kappa shape index (κ2) is 6.52. The molecule has 1 fully saturated rings. The van der Waals surface area contributed by atoms with E-state index in [-0.39, 0.29) is 12.0 Å². The van der Waals surface area contributed by atoms with Crippen molar-refractivity contribution in [1.82, 2.24) is 20.1 Å². The van der Waals surface area contributed by atoms with Crippen molar-refractivity contribution in [2.75, 3.05) is 13.1 Å². The van der Waals surface area contributed by atoms with Crippen LogP contribution in [0.15, 0.2) is 42.0 Å². The minimum absolute atomic E-state index is 0.0396. The van der Waals surface area contributed by atoms with Crippen LogP contribution >= 0.6 is 11.3 Å². The fourth-order valence-electron chi connectivity index (χ4n) is 2.91. The van der Waals surface area contributed by atoms with Crippen molar-refractivity contribution in [2.24, 2.45) is 0 Å². The van der Waals surface area contributed by atoms with Crippen LogP contribution in [0.2, 0.25) is 0 Å². The van der Waals surface area contributed by atoms with Gasteiger partial charge in [0.25, 0.3) is 5.91 Å². The van der Waals surface area contributed by atoms with Crippen LogP contribution < -0.4 is 4.74 Å². The number of hydrogen-bond donors (Lipinski definition) is 0. The molecule has 1 aliphatic rings. The molecule has 3 heterocycles. The molecule has 0 bridgehead atoms. The molecule has 122 valence electrons. The Morgan fingerprint density at radius 2 is 2.29 bits per heavy atom. The molecule has 7 heteroatoms. The highest BCUT2D eigenvalue weighted by molar-refractivity contribution is 7.16. The van der Waals surface area contributed by atoms with E-state index < -0.39 is 0 Å². The second-order valence-corrected chi connectivity index (χ2v) is 6.62. The van der Waals surface area contributed by atoms with Crippen molar-refractivity contribution < 1.29 is 9.53 Å². The smallest absolute Gasteiger partial charge is 0.254 e. The van der Waals surface area contributed by atoms with Crippen LogP contribution in [0.1, 0.15) is 23.2 Å². The molecule has 1 amide bonds. The van der Waals surface area contributed by atoms with Gasteiger partial charge in [-0.05, 0) is 37.1 Å². The fourth-order valence-corrected chi connectivity index (χ4v) is 3.63. The van der Waals surface area contributed by atoms with Crippen molar-refractivity contribution in [2.45, 2.75) is 18.9 Å². The minimum Gasteiger partial charge on any atom is -0.471 e. The Balaban J connectivity index is 1.47. The maximum absolute atomic E-state index is 12.8. The Hall–Kier alpha value is -2.54. The zero-order valence-electron chi connectivity index (χ0n) is 13.0. The molecule has 1 atom stereocenters. The van der Waals surface area contributed by atoms with Crippen LogP contribution in [0.3, 0.4) is 0 Å². The van der Waals surface area contributed by atoms with E-state index in [1.54, 1.807) is 35.2 Å². The van der Waals surface area contributed by atoms with Crippen LogP contribution in [-0.4, -0.2) is 45.2 Å². The molecule has 0 saturated carbocycles. The number of nitrogens with zero attached hydrogens (tertiary/aromatic N) is 4. The lowest BCUT2D eigenvalue weighted by atomic mass is 10.1. The van der Waals surface area contributed by atoms with E-state index in [2.05, 4.69) is 15.2 Å². The van der Waals surface area contributed by atoms with Gasteiger partial charge in [0.1, 0.15) is 6.10 Å². The largest absolute Gasteiger partial charge is 0.471 e. The van der Waals surface area contributed by atoms with Crippen LogP contribution in [-0.2, 0) is 0 Å². The number of piperidine rings is 1. The summed E-state index contributed by atoms with van der Waals surface area (Å²) >= 11 is 1.55. The van der Waals surface area contributed by atoms with Gasteiger partial charge in [-0.25, -0.2) is 4.98 Å². The maximum atomic E-state index is 12.8. The van der Waals surface area contributed by atoms with Gasteiger partial charge < -0.3 is 9.64 Å². The van der Waals surface area contributed by atoms with E-state index in [4.69, 9.17) is 4.74 Å².